The first-order valence-electron chi connectivity index (χ1n) is 6.06. The molecule has 0 aliphatic carbocycles. The number of nitrogens with zero attached hydrogens (tertiary/aromatic N) is 1. The average molecular weight is 411 g/mol. The van der Waals surface area contributed by atoms with Gasteiger partial charge in [0.15, 0.2) is 11.4 Å². The van der Waals surface area contributed by atoms with Crippen LogP contribution in [0.4, 0.5) is 0 Å². The summed E-state index contributed by atoms with van der Waals surface area (Å²) in [4.78, 5) is 24.0. The Hall–Kier alpha value is -1.66. The molecule has 0 spiro atoms. The van der Waals surface area contributed by atoms with Gasteiger partial charge in [0.2, 0.25) is 0 Å². The van der Waals surface area contributed by atoms with Crippen LogP contribution in [0.1, 0.15) is 15.9 Å². The predicted octanol–water partition coefficient (Wildman–Crippen LogP) is 3.89. The molecule has 0 N–H and O–H groups in total. The average Bonchev–Trinajstić information content (AvgIpc) is 2.73. The lowest BCUT2D eigenvalue weighted by atomic mass is 10.0. The number of ketones is 1. The predicted molar refractivity (Wildman–Crippen MR) is 86.7 cm³/mol. The Kier molecular flexibility index (Phi) is 3.59. The van der Waals surface area contributed by atoms with Gasteiger partial charge in [0.05, 0.1) is 5.52 Å². The van der Waals surface area contributed by atoms with Crippen molar-refractivity contribution in [2.24, 2.45) is 7.05 Å². The van der Waals surface area contributed by atoms with Crippen LogP contribution in [0.5, 0.6) is 0 Å². The molecule has 0 aliphatic heterocycles. The summed E-state index contributed by atoms with van der Waals surface area (Å²) in [5.41, 5.74) is 2.09. The lowest BCUT2D eigenvalue weighted by Crippen LogP contribution is -2.08. The molecule has 1 aromatic heterocycles. The first-order chi connectivity index (χ1) is 9.97. The number of aromatic nitrogens is 1. The van der Waals surface area contributed by atoms with Crippen LogP contribution in [0, 0.1) is 0 Å². The third-order valence-corrected chi connectivity index (χ3v) is 4.38. The Bertz CT molecular complexity index is 924. The maximum atomic E-state index is 12.5. The Balaban J connectivity index is 2.11. The van der Waals surface area contributed by atoms with Gasteiger partial charge >= 0.3 is 5.76 Å². The summed E-state index contributed by atoms with van der Waals surface area (Å²) < 4.78 is 8.10. The third-order valence-electron chi connectivity index (χ3n) is 3.23. The molecule has 0 unspecified atom stereocenters. The van der Waals surface area contributed by atoms with Crippen molar-refractivity contribution in [3.63, 3.8) is 0 Å². The summed E-state index contributed by atoms with van der Waals surface area (Å²) in [6, 6.07) is 10.3. The Morgan fingerprint density at radius 2 is 1.90 bits per heavy atom. The Morgan fingerprint density at radius 1 is 1.14 bits per heavy atom. The monoisotopic (exact) mass is 409 g/mol. The smallest absolute Gasteiger partial charge is 0.408 e. The highest BCUT2D eigenvalue weighted by molar-refractivity contribution is 9.11. The molecule has 0 atom stereocenters. The van der Waals surface area contributed by atoms with Crippen molar-refractivity contribution in [2.75, 3.05) is 0 Å². The Labute approximate surface area is 136 Å². The molecular formula is C15H9Br2NO3. The lowest BCUT2D eigenvalue weighted by molar-refractivity contribution is 0.103. The van der Waals surface area contributed by atoms with Crippen molar-refractivity contribution in [1.82, 2.24) is 4.57 Å². The molecule has 4 nitrogen and oxygen atoms in total. The minimum Gasteiger partial charge on any atom is -0.408 e. The van der Waals surface area contributed by atoms with Crippen molar-refractivity contribution in [3.8, 4) is 0 Å². The van der Waals surface area contributed by atoms with Gasteiger partial charge in [-0.05, 0) is 52.3 Å². The zero-order chi connectivity index (χ0) is 15.1. The molecule has 3 aromatic rings. The van der Waals surface area contributed by atoms with E-state index < -0.39 is 5.76 Å². The molecule has 1 heterocycles. The quantitative estimate of drug-likeness (QED) is 0.602. The maximum absolute atomic E-state index is 12.5. The molecular weight excluding hydrogens is 402 g/mol. The fourth-order valence-electron chi connectivity index (χ4n) is 2.10. The minimum absolute atomic E-state index is 0.136. The molecule has 0 saturated carbocycles. The highest BCUT2D eigenvalue weighted by Crippen LogP contribution is 2.25. The largest absolute Gasteiger partial charge is 0.419 e. The molecule has 0 saturated heterocycles. The van der Waals surface area contributed by atoms with Gasteiger partial charge in [0.1, 0.15) is 0 Å². The molecule has 0 fully saturated rings. The number of aryl methyl sites for hydroxylation is 1. The highest BCUT2D eigenvalue weighted by atomic mass is 79.9. The first-order valence-corrected chi connectivity index (χ1v) is 7.65. The summed E-state index contributed by atoms with van der Waals surface area (Å²) >= 11 is 6.73. The van der Waals surface area contributed by atoms with Crippen LogP contribution in [0.3, 0.4) is 0 Å². The molecule has 6 heteroatoms. The zero-order valence-electron chi connectivity index (χ0n) is 10.9. The van der Waals surface area contributed by atoms with Crippen LogP contribution in [-0.2, 0) is 7.05 Å². The van der Waals surface area contributed by atoms with E-state index in [0.717, 1.165) is 4.47 Å². The van der Waals surface area contributed by atoms with Gasteiger partial charge in [0, 0.05) is 27.1 Å². The minimum atomic E-state index is -0.445. The van der Waals surface area contributed by atoms with Gasteiger partial charge in [-0.3, -0.25) is 9.36 Å². The van der Waals surface area contributed by atoms with Crippen LogP contribution >= 0.6 is 31.9 Å². The van der Waals surface area contributed by atoms with E-state index >= 15 is 0 Å². The molecule has 21 heavy (non-hydrogen) atoms. The van der Waals surface area contributed by atoms with Crippen LogP contribution in [0.15, 0.2) is 54.6 Å². The number of halogens is 2. The van der Waals surface area contributed by atoms with E-state index in [9.17, 15) is 9.59 Å². The molecule has 2 aromatic carbocycles. The number of fused-ring (bicyclic) bond motifs is 1. The van der Waals surface area contributed by atoms with Gasteiger partial charge in [-0.25, -0.2) is 4.79 Å². The van der Waals surface area contributed by atoms with E-state index in [1.165, 1.54) is 4.57 Å². The van der Waals surface area contributed by atoms with Crippen molar-refractivity contribution in [1.29, 1.82) is 0 Å². The van der Waals surface area contributed by atoms with Crippen molar-refractivity contribution in [2.45, 2.75) is 0 Å². The molecule has 3 rings (SSSR count). The number of carbonyl (C=O) groups is 1. The van der Waals surface area contributed by atoms with Gasteiger partial charge in [-0.15, -0.1) is 0 Å². The van der Waals surface area contributed by atoms with E-state index in [4.69, 9.17) is 4.42 Å². The fraction of sp³-hybridized carbons (Fsp3) is 0.0667. The van der Waals surface area contributed by atoms with Crippen LogP contribution in [0.2, 0.25) is 0 Å². The third kappa shape index (κ3) is 2.49. The summed E-state index contributed by atoms with van der Waals surface area (Å²) in [6.07, 6.45) is 0. The lowest BCUT2D eigenvalue weighted by Gasteiger charge is -2.04. The normalized spacial score (nSPS) is 11.0. The molecule has 0 radical (unpaired) electrons. The highest BCUT2D eigenvalue weighted by Gasteiger charge is 2.15. The zero-order valence-corrected chi connectivity index (χ0v) is 14.1. The van der Waals surface area contributed by atoms with Gasteiger partial charge in [-0.2, -0.15) is 0 Å². The number of rotatable bonds is 2. The summed E-state index contributed by atoms with van der Waals surface area (Å²) in [7, 11) is 1.63. The van der Waals surface area contributed by atoms with E-state index in [0.29, 0.717) is 26.7 Å². The second-order valence-corrected chi connectivity index (χ2v) is 6.33. The number of hydrogen-bond acceptors (Lipinski definition) is 3. The maximum Gasteiger partial charge on any atom is 0.419 e. The fourth-order valence-corrected chi connectivity index (χ4v) is 3.33. The van der Waals surface area contributed by atoms with Crippen molar-refractivity contribution >= 4 is 48.7 Å². The topological polar surface area (TPSA) is 52.2 Å². The second-order valence-electron chi connectivity index (χ2n) is 4.56. The first kappa shape index (κ1) is 14.3. The van der Waals surface area contributed by atoms with E-state index in [2.05, 4.69) is 31.9 Å². The SMILES string of the molecule is Cn1c(=O)oc2cc(C(=O)c3ccc(Br)cc3Br)ccc21. The number of benzene rings is 2. The van der Waals surface area contributed by atoms with Gasteiger partial charge < -0.3 is 4.42 Å². The molecule has 0 bridgehead atoms. The summed E-state index contributed by atoms with van der Waals surface area (Å²) in [5.74, 6) is -0.581. The number of oxazole rings is 1. The van der Waals surface area contributed by atoms with E-state index in [-0.39, 0.29) is 5.78 Å². The number of hydrogen-bond donors (Lipinski definition) is 0. The molecule has 106 valence electrons. The summed E-state index contributed by atoms with van der Waals surface area (Å²) in [6.45, 7) is 0. The van der Waals surface area contributed by atoms with Gasteiger partial charge in [-0.1, -0.05) is 15.9 Å². The Morgan fingerprint density at radius 3 is 2.62 bits per heavy atom. The van der Waals surface area contributed by atoms with Crippen molar-refractivity contribution in [3.05, 3.63) is 67.0 Å². The molecule has 0 amide bonds. The van der Waals surface area contributed by atoms with Crippen LogP contribution in [-0.4, -0.2) is 10.4 Å². The van der Waals surface area contributed by atoms with Crippen LogP contribution in [0.25, 0.3) is 11.1 Å². The standard InChI is InChI=1S/C15H9Br2NO3/c1-18-12-5-2-8(6-13(12)21-15(18)20)14(19)10-4-3-9(16)7-11(10)17/h2-7H,1H3. The second kappa shape index (κ2) is 5.27. The van der Waals surface area contributed by atoms with Gasteiger partial charge in [0.25, 0.3) is 0 Å². The van der Waals surface area contributed by atoms with Crippen LogP contribution < -0.4 is 5.76 Å². The molecule has 0 aliphatic rings. The van der Waals surface area contributed by atoms with Crippen molar-refractivity contribution < 1.29 is 9.21 Å². The number of carbonyl (C=O) groups excluding carboxylic acids is 1. The summed E-state index contributed by atoms with van der Waals surface area (Å²) in [5, 5.41) is 0. The van der Waals surface area contributed by atoms with E-state index in [1.807, 2.05) is 6.07 Å². The van der Waals surface area contributed by atoms with E-state index in [1.54, 1.807) is 37.4 Å².